The lowest BCUT2D eigenvalue weighted by molar-refractivity contribution is 0.884. The van der Waals surface area contributed by atoms with Crippen LogP contribution in [0, 0.1) is 0 Å². The van der Waals surface area contributed by atoms with Gasteiger partial charge in [0.15, 0.2) is 0 Å². The van der Waals surface area contributed by atoms with E-state index in [0.717, 1.165) is 0 Å². The van der Waals surface area contributed by atoms with Gasteiger partial charge in [-0.2, -0.15) is 0 Å². The summed E-state index contributed by atoms with van der Waals surface area (Å²) in [5, 5.41) is 0. The molecule has 0 atom stereocenters. The Morgan fingerprint density at radius 2 is 1.50 bits per heavy atom. The average molecular weight is 86.0 g/mol. The molecule has 4 heavy (non-hydrogen) atoms. The molecule has 6 radical (unpaired) electrons. The van der Waals surface area contributed by atoms with Crippen molar-refractivity contribution in [3.05, 3.63) is 0 Å². The molecule has 0 spiro atoms. The van der Waals surface area contributed by atoms with Crippen molar-refractivity contribution in [2.45, 2.75) is 0 Å². The molecule has 0 aliphatic rings. The fraction of sp³-hybridized carbons (Fsp3) is 0. The van der Waals surface area contributed by atoms with Crippen molar-refractivity contribution < 1.29 is 4.32 Å². The van der Waals surface area contributed by atoms with Crippen LogP contribution in [0.15, 0.2) is 0 Å². The van der Waals surface area contributed by atoms with E-state index in [0.29, 0.717) is 0 Å². The molecular formula is BFSi2. The number of halogens is 1. The first kappa shape index (κ1) is 4.43. The standard InChI is InChI=1S/BFSi2/c2-1(3)4. The number of hydrogen-bond donors (Lipinski definition) is 0. The normalized spacial score (nSPS) is 6.75. The third-order valence-corrected chi connectivity index (χ3v) is 0. The summed E-state index contributed by atoms with van der Waals surface area (Å²) < 4.78 is 10.8. The van der Waals surface area contributed by atoms with E-state index in [-0.39, 0.29) is 0 Å². The molecule has 0 saturated carbocycles. The minimum Gasteiger partial charge on any atom is -0.347 e. The molecule has 0 aromatic heterocycles. The molecule has 0 aliphatic carbocycles. The van der Waals surface area contributed by atoms with Crippen molar-refractivity contribution >= 4 is 26.4 Å². The Bertz CT molecular complexity index is 10.8. The second-order valence-corrected chi connectivity index (χ2v) is 1.95. The van der Waals surface area contributed by atoms with Crippen molar-refractivity contribution in [3.63, 3.8) is 0 Å². The molecule has 0 fully saturated rings. The second kappa shape index (κ2) is 1.72. The second-order valence-electron chi connectivity index (χ2n) is 0.363. The van der Waals surface area contributed by atoms with Crippen molar-refractivity contribution in [1.29, 1.82) is 0 Å². The molecule has 18 valence electrons. The summed E-state index contributed by atoms with van der Waals surface area (Å²) in [6, 6.07) is 0. The maximum atomic E-state index is 10.8. The van der Waals surface area contributed by atoms with Gasteiger partial charge >= 0.3 is 6.17 Å². The lowest BCUT2D eigenvalue weighted by atomic mass is 10.6. The third-order valence-electron chi connectivity index (χ3n) is 0. The zero-order valence-corrected chi connectivity index (χ0v) is 3.96. The molecule has 0 rings (SSSR count). The SMILES string of the molecule is FB([Si])[Si]. The molecule has 0 aromatic carbocycles. The molecule has 0 bridgehead atoms. The van der Waals surface area contributed by atoms with E-state index in [9.17, 15) is 4.32 Å². The predicted octanol–water partition coefficient (Wildman–Crippen LogP) is -0.722. The molecule has 4 heteroatoms. The van der Waals surface area contributed by atoms with Crippen LogP contribution in [0.3, 0.4) is 0 Å². The highest BCUT2D eigenvalue weighted by Gasteiger charge is 1.85. The van der Waals surface area contributed by atoms with Gasteiger partial charge in [-0.3, -0.25) is 0 Å². The molecule has 0 amide bonds. The van der Waals surface area contributed by atoms with Crippen molar-refractivity contribution in [1.82, 2.24) is 0 Å². The van der Waals surface area contributed by atoms with Gasteiger partial charge in [-0.25, -0.2) is 0 Å². The Morgan fingerprint density at radius 1 is 1.50 bits per heavy atom. The van der Waals surface area contributed by atoms with Crippen LogP contribution in [0.1, 0.15) is 0 Å². The first-order valence-electron chi connectivity index (χ1n) is 0.796. The van der Waals surface area contributed by atoms with Gasteiger partial charge in [0.1, 0.15) is 0 Å². The van der Waals surface area contributed by atoms with E-state index >= 15 is 0 Å². The van der Waals surface area contributed by atoms with Gasteiger partial charge in [-0.05, 0) is 0 Å². The smallest absolute Gasteiger partial charge is 0.300 e. The number of hydrogen-bond acceptors (Lipinski definition) is 0. The van der Waals surface area contributed by atoms with Crippen LogP contribution < -0.4 is 0 Å². The first-order valence-corrected chi connectivity index (χ1v) is 1.95. The predicted molar refractivity (Wildman–Crippen MR) is 18.4 cm³/mol. The maximum Gasteiger partial charge on any atom is 0.300 e. The van der Waals surface area contributed by atoms with Gasteiger partial charge in [-0.1, -0.05) is 0 Å². The topological polar surface area (TPSA) is 0 Å². The monoisotopic (exact) mass is 86.0 g/mol. The summed E-state index contributed by atoms with van der Waals surface area (Å²) in [6.45, 7) is 0. The Kier molecular flexibility index (Phi) is 1.90. The molecule has 0 unspecified atom stereocenters. The molecule has 0 aliphatic heterocycles. The van der Waals surface area contributed by atoms with Crippen LogP contribution in [0.5, 0.6) is 0 Å². The molecule has 0 N–H and O–H groups in total. The first-order chi connectivity index (χ1) is 1.73. The van der Waals surface area contributed by atoms with Gasteiger partial charge in [0.25, 0.3) is 0 Å². The Morgan fingerprint density at radius 3 is 1.50 bits per heavy atom. The Balaban J connectivity index is 2.32. The van der Waals surface area contributed by atoms with Gasteiger partial charge in [0, 0.05) is 20.2 Å². The highest BCUT2D eigenvalue weighted by molar-refractivity contribution is 7.25. The molecule has 0 aromatic rings. The van der Waals surface area contributed by atoms with Crippen LogP contribution in [0.2, 0.25) is 0 Å². The molecule has 0 nitrogen and oxygen atoms in total. The zero-order valence-electron chi connectivity index (χ0n) is 1.96. The van der Waals surface area contributed by atoms with Gasteiger partial charge in [0.05, 0.1) is 0 Å². The third kappa shape index (κ3) is 27.0. The quantitative estimate of drug-likeness (QED) is 0.341. The average Bonchev–Trinajstić information content (AvgIpc) is 0.811. The molecule has 0 saturated heterocycles. The minimum absolute atomic E-state index is 1.06. The zero-order chi connectivity index (χ0) is 3.58. The van der Waals surface area contributed by atoms with E-state index < -0.39 is 6.17 Å². The molecule has 0 heterocycles. The highest BCUT2D eigenvalue weighted by Crippen LogP contribution is 1.55. The number of rotatable bonds is 0. The van der Waals surface area contributed by atoms with Crippen LogP contribution in [0.25, 0.3) is 0 Å². The lowest BCUT2D eigenvalue weighted by Gasteiger charge is -1.65. The summed E-state index contributed by atoms with van der Waals surface area (Å²) in [4.78, 5) is 0. The Hall–Kier alpha value is 0.429. The van der Waals surface area contributed by atoms with E-state index in [1.165, 1.54) is 0 Å². The van der Waals surface area contributed by atoms with E-state index in [1.54, 1.807) is 0 Å². The van der Waals surface area contributed by atoms with Gasteiger partial charge in [0.2, 0.25) is 0 Å². The Labute approximate surface area is 31.6 Å². The van der Waals surface area contributed by atoms with Gasteiger partial charge in [-0.15, -0.1) is 0 Å². The van der Waals surface area contributed by atoms with Crippen LogP contribution >= 0.6 is 0 Å². The summed E-state index contributed by atoms with van der Waals surface area (Å²) in [7, 11) is 5.12. The van der Waals surface area contributed by atoms with Crippen LogP contribution in [0.4, 0.5) is 4.32 Å². The van der Waals surface area contributed by atoms with E-state index in [1.807, 2.05) is 0 Å². The fourth-order valence-electron chi connectivity index (χ4n) is 0. The van der Waals surface area contributed by atoms with E-state index in [2.05, 4.69) is 20.2 Å². The summed E-state index contributed by atoms with van der Waals surface area (Å²) >= 11 is 0. The maximum absolute atomic E-state index is 10.8. The van der Waals surface area contributed by atoms with Crippen molar-refractivity contribution in [2.75, 3.05) is 0 Å². The lowest BCUT2D eigenvalue weighted by Crippen LogP contribution is -2.01. The highest BCUT2D eigenvalue weighted by atomic mass is 28.2. The summed E-state index contributed by atoms with van der Waals surface area (Å²) in [6.07, 6.45) is -1.06. The van der Waals surface area contributed by atoms with Crippen molar-refractivity contribution in [2.24, 2.45) is 0 Å². The largest absolute Gasteiger partial charge is 0.347 e. The van der Waals surface area contributed by atoms with Crippen molar-refractivity contribution in [3.8, 4) is 0 Å². The van der Waals surface area contributed by atoms with Crippen LogP contribution in [-0.4, -0.2) is 26.4 Å². The van der Waals surface area contributed by atoms with Gasteiger partial charge < -0.3 is 4.32 Å². The minimum atomic E-state index is -1.06. The summed E-state index contributed by atoms with van der Waals surface area (Å²) in [5.41, 5.74) is 0. The molecular weight excluding hydrogens is 86.0 g/mol. The van der Waals surface area contributed by atoms with E-state index in [4.69, 9.17) is 0 Å². The summed E-state index contributed by atoms with van der Waals surface area (Å²) in [5.74, 6) is 0. The van der Waals surface area contributed by atoms with Crippen LogP contribution in [-0.2, 0) is 0 Å². The fourth-order valence-corrected chi connectivity index (χ4v) is 0.